The van der Waals surface area contributed by atoms with Crippen LogP contribution in [0.3, 0.4) is 0 Å². The van der Waals surface area contributed by atoms with Gasteiger partial charge in [-0.25, -0.2) is 9.78 Å². The summed E-state index contributed by atoms with van der Waals surface area (Å²) in [6.07, 6.45) is 3.67. The van der Waals surface area contributed by atoms with Gasteiger partial charge in [0.2, 0.25) is 11.8 Å². The zero-order valence-corrected chi connectivity index (χ0v) is 16.6. The molecule has 0 fully saturated rings. The molecule has 0 aliphatic carbocycles. The van der Waals surface area contributed by atoms with Crippen LogP contribution in [0, 0.1) is 5.92 Å². The van der Waals surface area contributed by atoms with Gasteiger partial charge in [-0.1, -0.05) is 13.8 Å². The van der Waals surface area contributed by atoms with Gasteiger partial charge in [-0.2, -0.15) is 0 Å². The molecular weight excluding hydrogens is 385 g/mol. The summed E-state index contributed by atoms with van der Waals surface area (Å²) in [6.45, 7) is 3.62. The fraction of sp³-hybridized carbons (Fsp3) is 0.600. The fourth-order valence-electron chi connectivity index (χ4n) is 2.18. The number of hydrogen-bond acceptors (Lipinski definition) is 6. The van der Waals surface area contributed by atoms with Gasteiger partial charge in [-0.3, -0.25) is 9.59 Å². The van der Waals surface area contributed by atoms with Gasteiger partial charge in [0.05, 0.1) is 20.0 Å². The number of methoxy groups -OCH3 is 1. The quantitative estimate of drug-likeness (QED) is 0.419. The Bertz CT molecular complexity index is 554. The normalized spacial score (nSPS) is 12.2. The maximum atomic E-state index is 12.5. The highest BCUT2D eigenvalue weighted by molar-refractivity contribution is 5.91. The van der Waals surface area contributed by atoms with E-state index in [9.17, 15) is 14.4 Å². The Kier molecular flexibility index (Phi) is 13.6. The lowest BCUT2D eigenvalue weighted by Crippen LogP contribution is -2.53. The lowest BCUT2D eigenvalue weighted by Gasteiger charge is -2.22. The molecule has 2 atom stereocenters. The fourth-order valence-corrected chi connectivity index (χ4v) is 2.18. The smallest absolute Gasteiger partial charge is 0.328 e. The second kappa shape index (κ2) is 13.4. The maximum absolute atomic E-state index is 12.5. The van der Waals surface area contributed by atoms with Crippen LogP contribution in [0.25, 0.3) is 0 Å². The van der Waals surface area contributed by atoms with Crippen molar-refractivity contribution in [2.75, 3.05) is 13.7 Å². The lowest BCUT2D eigenvalue weighted by atomic mass is 10.0. The largest absolute Gasteiger partial charge is 0.467 e. The minimum atomic E-state index is -0.874. The van der Waals surface area contributed by atoms with Gasteiger partial charge in [0.1, 0.15) is 12.1 Å². The molecular formula is C15H27Cl2N5O4. The minimum Gasteiger partial charge on any atom is -0.467 e. The molecule has 26 heavy (non-hydrogen) atoms. The second-order valence-corrected chi connectivity index (χ2v) is 5.82. The van der Waals surface area contributed by atoms with Crippen molar-refractivity contribution in [1.29, 1.82) is 0 Å². The third kappa shape index (κ3) is 9.02. The molecule has 9 nitrogen and oxygen atoms in total. The van der Waals surface area contributed by atoms with Crippen molar-refractivity contribution in [3.05, 3.63) is 18.2 Å². The molecule has 1 heterocycles. The van der Waals surface area contributed by atoms with Crippen molar-refractivity contribution in [1.82, 2.24) is 20.6 Å². The molecule has 1 rings (SSSR count). The van der Waals surface area contributed by atoms with Crippen LogP contribution in [0.4, 0.5) is 0 Å². The number of rotatable bonds is 9. The van der Waals surface area contributed by atoms with Crippen molar-refractivity contribution in [2.45, 2.75) is 38.8 Å². The molecule has 0 aliphatic rings. The van der Waals surface area contributed by atoms with Crippen LogP contribution in [0.2, 0.25) is 0 Å². The third-order valence-electron chi connectivity index (χ3n) is 3.33. The molecule has 0 unspecified atom stereocenters. The lowest BCUT2D eigenvalue weighted by molar-refractivity contribution is -0.145. The number of aromatic nitrogens is 2. The van der Waals surface area contributed by atoms with Crippen LogP contribution in [0.1, 0.15) is 26.0 Å². The number of carbonyl (C=O) groups excluding carboxylic acids is 3. The Labute approximate surface area is 165 Å². The Balaban J connectivity index is 0. The van der Waals surface area contributed by atoms with Crippen molar-refractivity contribution in [2.24, 2.45) is 11.7 Å². The molecule has 0 saturated heterocycles. The molecule has 0 saturated carbocycles. The Hall–Kier alpha value is -1.84. The van der Waals surface area contributed by atoms with Gasteiger partial charge < -0.3 is 26.1 Å². The van der Waals surface area contributed by atoms with E-state index in [-0.39, 0.29) is 43.7 Å². The number of hydrogen-bond donors (Lipinski definition) is 4. The molecule has 0 aliphatic heterocycles. The molecule has 0 spiro atoms. The van der Waals surface area contributed by atoms with Crippen molar-refractivity contribution < 1.29 is 19.1 Å². The van der Waals surface area contributed by atoms with E-state index in [4.69, 9.17) is 10.5 Å². The summed E-state index contributed by atoms with van der Waals surface area (Å²) >= 11 is 0. The number of nitrogens with one attached hydrogen (secondary N) is 3. The summed E-state index contributed by atoms with van der Waals surface area (Å²) in [5.41, 5.74) is 5.96. The number of esters is 1. The van der Waals surface area contributed by atoms with Crippen molar-refractivity contribution in [3.63, 3.8) is 0 Å². The molecule has 5 N–H and O–H groups in total. The van der Waals surface area contributed by atoms with E-state index < -0.39 is 29.9 Å². The summed E-state index contributed by atoms with van der Waals surface area (Å²) in [4.78, 5) is 42.7. The van der Waals surface area contributed by atoms with Crippen LogP contribution < -0.4 is 16.4 Å². The highest BCUT2D eigenvalue weighted by atomic mass is 35.5. The Morgan fingerprint density at radius 2 is 1.88 bits per heavy atom. The molecule has 0 aromatic carbocycles. The van der Waals surface area contributed by atoms with E-state index in [1.165, 1.54) is 13.4 Å². The first-order chi connectivity index (χ1) is 11.4. The summed E-state index contributed by atoms with van der Waals surface area (Å²) in [6, 6.07) is -1.65. The van der Waals surface area contributed by atoms with Gasteiger partial charge in [0.15, 0.2) is 0 Å². The zero-order valence-electron chi connectivity index (χ0n) is 15.0. The predicted octanol–water partition coefficient (Wildman–Crippen LogP) is -0.0568. The highest BCUT2D eigenvalue weighted by Crippen LogP contribution is 2.07. The zero-order chi connectivity index (χ0) is 18.1. The summed E-state index contributed by atoms with van der Waals surface area (Å²) in [5, 5.41) is 5.18. The maximum Gasteiger partial charge on any atom is 0.328 e. The van der Waals surface area contributed by atoms with Gasteiger partial charge in [0, 0.05) is 18.3 Å². The van der Waals surface area contributed by atoms with E-state index >= 15 is 0 Å². The predicted molar refractivity (Wildman–Crippen MR) is 101 cm³/mol. The van der Waals surface area contributed by atoms with Gasteiger partial charge >= 0.3 is 5.97 Å². The number of nitrogens with zero attached hydrogens (tertiary/aromatic N) is 1. The van der Waals surface area contributed by atoms with E-state index in [0.29, 0.717) is 12.1 Å². The van der Waals surface area contributed by atoms with Crippen LogP contribution >= 0.6 is 24.8 Å². The van der Waals surface area contributed by atoms with Crippen molar-refractivity contribution in [3.8, 4) is 0 Å². The molecule has 0 bridgehead atoms. The molecule has 1 aromatic rings. The van der Waals surface area contributed by atoms with Gasteiger partial charge in [0.25, 0.3) is 0 Å². The van der Waals surface area contributed by atoms with Crippen molar-refractivity contribution >= 4 is 42.6 Å². The molecule has 150 valence electrons. The van der Waals surface area contributed by atoms with Crippen LogP contribution in [-0.4, -0.2) is 53.5 Å². The first-order valence-electron chi connectivity index (χ1n) is 7.72. The molecule has 1 aromatic heterocycles. The number of imidazole rings is 1. The van der Waals surface area contributed by atoms with Crippen LogP contribution in [0.5, 0.6) is 0 Å². The number of H-pyrrole nitrogens is 1. The number of halogens is 2. The summed E-state index contributed by atoms with van der Waals surface area (Å²) in [5.74, 6) is -1.29. The Morgan fingerprint density at radius 3 is 2.35 bits per heavy atom. The molecule has 11 heteroatoms. The van der Waals surface area contributed by atoms with Crippen LogP contribution in [0.15, 0.2) is 12.5 Å². The number of ether oxygens (including phenoxy) is 1. The van der Waals surface area contributed by atoms with E-state index in [0.717, 1.165) is 0 Å². The third-order valence-corrected chi connectivity index (χ3v) is 3.33. The summed E-state index contributed by atoms with van der Waals surface area (Å²) in [7, 11) is 1.26. The first kappa shape index (κ1) is 26.4. The standard InChI is InChI=1S/C15H25N5O4.2ClH/c1-9(2)4-12(15(23)24-3)20-14(22)11(19-13(21)6-16)5-10-7-17-8-18-10;;/h7-9,11-12H,4-6,16H2,1-3H3,(H,17,18)(H,19,21)(H,20,22);2*1H/t11-,12-;;/m0../s1. The summed E-state index contributed by atoms with van der Waals surface area (Å²) < 4.78 is 4.72. The SMILES string of the molecule is COC(=O)[C@H](CC(C)C)NC(=O)[C@H](Cc1cnc[nH]1)NC(=O)CN.Cl.Cl. The number of carbonyl (C=O) groups is 3. The van der Waals surface area contributed by atoms with Crippen LogP contribution in [-0.2, 0) is 25.5 Å². The number of nitrogens with two attached hydrogens (primary N) is 1. The minimum absolute atomic E-state index is 0. The van der Waals surface area contributed by atoms with Gasteiger partial charge in [-0.05, 0) is 12.3 Å². The number of amides is 2. The Morgan fingerprint density at radius 1 is 1.23 bits per heavy atom. The topological polar surface area (TPSA) is 139 Å². The van der Waals surface area contributed by atoms with E-state index in [1.807, 2.05) is 13.8 Å². The molecule has 2 amide bonds. The average Bonchev–Trinajstić information content (AvgIpc) is 3.05. The highest BCUT2D eigenvalue weighted by Gasteiger charge is 2.28. The van der Waals surface area contributed by atoms with E-state index in [2.05, 4.69) is 20.6 Å². The monoisotopic (exact) mass is 411 g/mol. The van der Waals surface area contributed by atoms with Gasteiger partial charge in [-0.15, -0.1) is 24.8 Å². The first-order valence-corrected chi connectivity index (χ1v) is 7.72. The number of aromatic amines is 1. The van der Waals surface area contributed by atoms with E-state index in [1.54, 1.807) is 6.20 Å². The molecule has 0 radical (unpaired) electrons. The average molecular weight is 412 g/mol. The second-order valence-electron chi connectivity index (χ2n) is 5.82.